The molecule has 6 atom stereocenters. The summed E-state index contributed by atoms with van der Waals surface area (Å²) in [7, 11) is 5.83. The van der Waals surface area contributed by atoms with Crippen LogP contribution in [0, 0.1) is 23.7 Å². The number of hydrogen-bond acceptors (Lipinski definition) is 11. The largest absolute Gasteiger partial charge is 0.507 e. The van der Waals surface area contributed by atoms with Gasteiger partial charge in [0.05, 0.1) is 37.4 Å². The predicted molar refractivity (Wildman–Crippen MR) is 143 cm³/mol. The van der Waals surface area contributed by atoms with Crippen LogP contribution in [0.15, 0.2) is 28.9 Å². The van der Waals surface area contributed by atoms with Crippen molar-refractivity contribution in [3.63, 3.8) is 0 Å². The van der Waals surface area contributed by atoms with Gasteiger partial charge in [0, 0.05) is 24.1 Å². The van der Waals surface area contributed by atoms with Crippen LogP contribution in [0.4, 0.5) is 4.79 Å². The quantitative estimate of drug-likeness (QED) is 0.411. The van der Waals surface area contributed by atoms with Gasteiger partial charge < -0.3 is 30.0 Å². The van der Waals surface area contributed by atoms with Gasteiger partial charge in [-0.15, -0.1) is 0 Å². The van der Waals surface area contributed by atoms with Crippen LogP contribution < -0.4 is 5.73 Å². The molecule has 0 saturated heterocycles. The van der Waals surface area contributed by atoms with E-state index in [1.807, 2.05) is 0 Å². The number of furan rings is 1. The first-order valence-electron chi connectivity index (χ1n) is 13.3. The van der Waals surface area contributed by atoms with E-state index in [-0.39, 0.29) is 24.9 Å². The van der Waals surface area contributed by atoms with Gasteiger partial charge >= 0.3 is 6.09 Å². The maximum Gasteiger partial charge on any atom is 0.409 e. The molecule has 1 heterocycles. The van der Waals surface area contributed by atoms with E-state index in [0.29, 0.717) is 22.5 Å². The molecule has 1 aromatic heterocycles. The number of carbonyl (C=O) groups excluding carboxylic acids is 6. The summed E-state index contributed by atoms with van der Waals surface area (Å²) in [6.07, 6.45) is 0.840. The molecule has 0 aliphatic heterocycles. The zero-order chi connectivity index (χ0) is 30.8. The van der Waals surface area contributed by atoms with E-state index in [0.717, 1.165) is 0 Å². The molecule has 2 unspecified atom stereocenters. The highest BCUT2D eigenvalue weighted by atomic mass is 16.5. The topological polar surface area (TPSA) is 198 Å². The second-order valence-electron chi connectivity index (χ2n) is 11.4. The van der Waals surface area contributed by atoms with Crippen LogP contribution in [0.5, 0.6) is 5.75 Å². The van der Waals surface area contributed by atoms with Crippen molar-refractivity contribution < 1.29 is 48.1 Å². The Morgan fingerprint density at radius 1 is 1.12 bits per heavy atom. The number of aromatic hydroxyl groups is 1. The number of rotatable bonds is 5. The van der Waals surface area contributed by atoms with E-state index in [2.05, 4.69) is 0 Å². The standard InChI is InChI=1S/C29H31N3O10/c1-31(2)21-16-10-13-9-15-14(24-12(7-8-42-24)11-32(3)28(39)41-4)5-6-17(33)19(15)22(34)18(13)25(36)29(16,40)26(37)20(23(21)35)27(30)38/h5-8,13,16,18,20-21,33,40H,9-11H2,1-4H3,(H2,30,38)/t13-,16-,18?,20?,21-,29-/m0/s1. The van der Waals surface area contributed by atoms with E-state index in [1.54, 1.807) is 12.1 Å². The van der Waals surface area contributed by atoms with Crippen molar-refractivity contribution in [3.05, 3.63) is 41.2 Å². The highest BCUT2D eigenvalue weighted by Crippen LogP contribution is 2.52. The summed E-state index contributed by atoms with van der Waals surface area (Å²) in [4.78, 5) is 81.4. The van der Waals surface area contributed by atoms with Gasteiger partial charge in [0.1, 0.15) is 11.5 Å². The Balaban J connectivity index is 1.61. The van der Waals surface area contributed by atoms with Gasteiger partial charge in [0.2, 0.25) is 5.91 Å². The Kier molecular flexibility index (Phi) is 7.06. The third-order valence-corrected chi connectivity index (χ3v) is 8.83. The number of primary amides is 1. The molecule has 2 aromatic rings. The Morgan fingerprint density at radius 2 is 1.81 bits per heavy atom. The first-order valence-corrected chi connectivity index (χ1v) is 13.3. The van der Waals surface area contributed by atoms with Crippen molar-refractivity contribution >= 4 is 35.1 Å². The Labute approximate surface area is 240 Å². The SMILES string of the molecule is COC(=O)N(C)Cc1ccoc1-c1ccc(O)c2c1C[C@H]1C[C@H]3[C@H](N(C)C)C(=O)C(C(N)=O)C(=O)[C@@]3(O)C(=O)C1C2=O. The fraction of sp³-hybridized carbons (Fsp3) is 0.448. The van der Waals surface area contributed by atoms with Crippen molar-refractivity contribution in [3.8, 4) is 17.1 Å². The van der Waals surface area contributed by atoms with E-state index in [9.17, 15) is 39.0 Å². The lowest BCUT2D eigenvalue weighted by Gasteiger charge is -2.52. The van der Waals surface area contributed by atoms with Crippen LogP contribution in [0.1, 0.15) is 27.9 Å². The molecule has 0 bridgehead atoms. The molecule has 2 saturated carbocycles. The summed E-state index contributed by atoms with van der Waals surface area (Å²) in [5.41, 5.74) is 3.84. The van der Waals surface area contributed by atoms with Crippen LogP contribution >= 0.6 is 0 Å². The van der Waals surface area contributed by atoms with Gasteiger partial charge in [-0.2, -0.15) is 0 Å². The second-order valence-corrected chi connectivity index (χ2v) is 11.4. The van der Waals surface area contributed by atoms with E-state index in [4.69, 9.17) is 14.9 Å². The summed E-state index contributed by atoms with van der Waals surface area (Å²) >= 11 is 0. The maximum absolute atomic E-state index is 14.0. The maximum atomic E-state index is 14.0. The average molecular weight is 582 g/mol. The molecule has 13 heteroatoms. The molecule has 3 aliphatic rings. The van der Waals surface area contributed by atoms with Crippen LogP contribution in [-0.2, 0) is 36.9 Å². The number of nitrogens with zero attached hydrogens (tertiary/aromatic N) is 2. The number of ketones is 4. The zero-order valence-corrected chi connectivity index (χ0v) is 23.4. The third-order valence-electron chi connectivity index (χ3n) is 8.83. The van der Waals surface area contributed by atoms with E-state index >= 15 is 0 Å². The number of amides is 2. The van der Waals surface area contributed by atoms with E-state index < -0.39 is 76.2 Å². The van der Waals surface area contributed by atoms with Crippen molar-refractivity contribution in [2.24, 2.45) is 29.4 Å². The lowest BCUT2D eigenvalue weighted by Crippen LogP contribution is -2.74. The van der Waals surface area contributed by atoms with Gasteiger partial charge in [0.25, 0.3) is 0 Å². The number of phenolic OH excluding ortho intramolecular Hbond substituents is 1. The Bertz CT molecular complexity index is 1540. The number of fused-ring (bicyclic) bond motifs is 3. The minimum absolute atomic E-state index is 0.0720. The molecule has 13 nitrogen and oxygen atoms in total. The number of Topliss-reactive ketones (excluding diaryl/α,β-unsaturated/α-hetero) is 4. The number of nitrogens with two attached hydrogens (primary N) is 1. The summed E-state index contributed by atoms with van der Waals surface area (Å²) in [5.74, 6) is -10.9. The fourth-order valence-corrected chi connectivity index (χ4v) is 6.99. The highest BCUT2D eigenvalue weighted by molar-refractivity contribution is 6.32. The van der Waals surface area contributed by atoms with Gasteiger partial charge in [-0.05, 0) is 56.6 Å². The van der Waals surface area contributed by atoms with Crippen LogP contribution in [0.2, 0.25) is 0 Å². The van der Waals surface area contributed by atoms with Crippen molar-refractivity contribution in [1.29, 1.82) is 0 Å². The minimum Gasteiger partial charge on any atom is -0.507 e. The van der Waals surface area contributed by atoms with Gasteiger partial charge in [-0.3, -0.25) is 28.9 Å². The van der Waals surface area contributed by atoms with Crippen LogP contribution in [0.3, 0.4) is 0 Å². The minimum atomic E-state index is -2.79. The number of hydrogen-bond donors (Lipinski definition) is 3. The predicted octanol–water partition coefficient (Wildman–Crippen LogP) is 0.325. The number of phenols is 1. The summed E-state index contributed by atoms with van der Waals surface area (Å²) < 4.78 is 10.5. The number of carbonyl (C=O) groups is 6. The Hall–Kier alpha value is -4.36. The van der Waals surface area contributed by atoms with Crippen molar-refractivity contribution in [2.45, 2.75) is 31.0 Å². The van der Waals surface area contributed by atoms with Crippen LogP contribution in [-0.4, -0.2) is 95.0 Å². The lowest BCUT2D eigenvalue weighted by molar-refractivity contribution is -0.181. The first-order chi connectivity index (χ1) is 19.7. The number of benzene rings is 1. The van der Waals surface area contributed by atoms with Gasteiger partial charge in [-0.25, -0.2) is 4.79 Å². The Morgan fingerprint density at radius 3 is 2.43 bits per heavy atom. The van der Waals surface area contributed by atoms with E-state index in [1.165, 1.54) is 50.4 Å². The number of likely N-dealkylation sites (N-methyl/N-ethyl adjacent to an activating group) is 1. The third kappa shape index (κ3) is 4.06. The second kappa shape index (κ2) is 10.2. The number of aliphatic hydroxyl groups is 1. The molecule has 222 valence electrons. The fourth-order valence-electron chi connectivity index (χ4n) is 6.99. The number of ether oxygens (including phenoxy) is 1. The smallest absolute Gasteiger partial charge is 0.409 e. The summed E-state index contributed by atoms with van der Waals surface area (Å²) in [6, 6.07) is 3.31. The van der Waals surface area contributed by atoms with Gasteiger partial charge in [0.15, 0.2) is 34.7 Å². The number of methoxy groups -OCH3 is 1. The summed E-state index contributed by atoms with van der Waals surface area (Å²) in [6.45, 7) is 0.109. The molecule has 2 amide bonds. The first kappa shape index (κ1) is 29.1. The highest BCUT2D eigenvalue weighted by Gasteiger charge is 2.69. The molecular formula is C29H31N3O10. The molecule has 0 spiro atoms. The molecule has 4 N–H and O–H groups in total. The monoisotopic (exact) mass is 581 g/mol. The lowest BCUT2D eigenvalue weighted by atomic mass is 9.52. The molecule has 5 rings (SSSR count). The zero-order valence-electron chi connectivity index (χ0n) is 23.4. The van der Waals surface area contributed by atoms with Gasteiger partial charge in [-0.1, -0.05) is 0 Å². The van der Waals surface area contributed by atoms with Crippen molar-refractivity contribution in [2.75, 3.05) is 28.3 Å². The molecule has 3 aliphatic carbocycles. The molecule has 42 heavy (non-hydrogen) atoms. The van der Waals surface area contributed by atoms with Crippen molar-refractivity contribution in [1.82, 2.24) is 9.80 Å². The molecule has 0 radical (unpaired) electrons. The average Bonchev–Trinajstić information content (AvgIpc) is 3.37. The molecular weight excluding hydrogens is 550 g/mol. The van der Waals surface area contributed by atoms with Crippen LogP contribution in [0.25, 0.3) is 11.3 Å². The molecule has 2 fully saturated rings. The molecule has 1 aromatic carbocycles. The summed E-state index contributed by atoms with van der Waals surface area (Å²) in [5, 5.41) is 22.5. The normalized spacial score (nSPS) is 28.7.